The van der Waals surface area contributed by atoms with Gasteiger partial charge in [-0.05, 0) is 31.8 Å². The van der Waals surface area contributed by atoms with Crippen molar-refractivity contribution in [1.82, 2.24) is 4.90 Å². The van der Waals surface area contributed by atoms with Crippen LogP contribution in [-0.2, 0) is 19.2 Å². The van der Waals surface area contributed by atoms with Crippen LogP contribution in [0, 0.1) is 18.3 Å². The van der Waals surface area contributed by atoms with Crippen LogP contribution in [-0.4, -0.2) is 85.7 Å². The third kappa shape index (κ3) is 3.17. The molecule has 1 saturated carbocycles. The number of fused-ring (bicyclic) bond motifs is 3. The van der Waals surface area contributed by atoms with Crippen LogP contribution in [0.25, 0.3) is 5.76 Å². The molecule has 0 spiro atoms. The van der Waals surface area contributed by atoms with Crippen LogP contribution >= 0.6 is 0 Å². The van der Waals surface area contributed by atoms with Gasteiger partial charge in [0.25, 0.3) is 5.91 Å². The molecule has 0 heterocycles. The van der Waals surface area contributed by atoms with Crippen molar-refractivity contribution in [2.75, 3.05) is 19.4 Å². The predicted molar refractivity (Wildman–Crippen MR) is 120 cm³/mol. The number of phenolic OH excluding ortho intramolecular Hbond substituents is 1. The third-order valence-corrected chi connectivity index (χ3v) is 6.77. The van der Waals surface area contributed by atoms with Gasteiger partial charge in [0.05, 0.1) is 23.6 Å². The van der Waals surface area contributed by atoms with E-state index in [0.717, 1.165) is 0 Å². The first-order valence-corrected chi connectivity index (χ1v) is 10.6. The van der Waals surface area contributed by atoms with Gasteiger partial charge in [0.2, 0.25) is 11.7 Å². The predicted octanol–water partition coefficient (Wildman–Crippen LogP) is -1.10. The van der Waals surface area contributed by atoms with Gasteiger partial charge in [-0.15, -0.1) is 0 Å². The Balaban J connectivity index is 2.02. The van der Waals surface area contributed by atoms with Gasteiger partial charge in [-0.1, -0.05) is 0 Å². The number of aromatic hydroxyl groups is 1. The zero-order chi connectivity index (χ0) is 26.1. The van der Waals surface area contributed by atoms with Crippen molar-refractivity contribution in [3.63, 3.8) is 0 Å². The number of likely N-dealkylation sites (N-methyl/N-ethyl adjacent to an activating group) is 1. The standard InChI is InChI=1S/C23H24N3O9/c1-7(27)25-10-4-5-11(28)12-8(10)6-9-13(18(12)30)20(32)23(35)15(17(9)29)16(26(2)3)19(31)14(21(23)33)22(24)34/h4-6,9,15-17,28-30,33,35H,1-3H3,(H2,24,34)(H,25,27)/t9-,15-,16+,17+,23+/m0/s1. The molecule has 3 aliphatic rings. The molecule has 185 valence electrons. The lowest BCUT2D eigenvalue weighted by Crippen LogP contribution is -2.70. The molecule has 5 atom stereocenters. The maximum Gasteiger partial charge on any atom is 0.255 e. The fraction of sp³-hybridized carbons (Fsp3) is 0.348. The monoisotopic (exact) mass is 486 g/mol. The van der Waals surface area contributed by atoms with Crippen molar-refractivity contribution < 1.29 is 44.7 Å². The zero-order valence-electron chi connectivity index (χ0n) is 18.9. The zero-order valence-corrected chi connectivity index (χ0v) is 18.9. The van der Waals surface area contributed by atoms with Crippen molar-refractivity contribution in [3.8, 4) is 5.75 Å². The highest BCUT2D eigenvalue weighted by molar-refractivity contribution is 6.24. The Morgan fingerprint density at radius 1 is 1.14 bits per heavy atom. The highest BCUT2D eigenvalue weighted by Gasteiger charge is 2.67. The molecule has 1 aromatic rings. The molecule has 4 rings (SSSR count). The number of hydrogen-bond donors (Lipinski definition) is 7. The van der Waals surface area contributed by atoms with Crippen LogP contribution in [0.15, 0.2) is 29.0 Å². The molecular weight excluding hydrogens is 462 g/mol. The molecule has 0 aromatic heterocycles. The van der Waals surface area contributed by atoms with Crippen LogP contribution in [0.3, 0.4) is 0 Å². The normalized spacial score (nSPS) is 30.1. The molecule has 1 fully saturated rings. The molecular formula is C23H24N3O9. The number of hydrogen-bond acceptors (Lipinski definition) is 10. The summed E-state index contributed by atoms with van der Waals surface area (Å²) in [5, 5.41) is 57.7. The van der Waals surface area contributed by atoms with Gasteiger partial charge in [-0.2, -0.15) is 0 Å². The summed E-state index contributed by atoms with van der Waals surface area (Å²) in [6, 6.07) is 1.08. The highest BCUT2D eigenvalue weighted by atomic mass is 16.4. The van der Waals surface area contributed by atoms with E-state index in [4.69, 9.17) is 5.73 Å². The Bertz CT molecular complexity index is 1260. The summed E-state index contributed by atoms with van der Waals surface area (Å²) in [6.07, 6.45) is -0.428. The molecule has 0 bridgehead atoms. The quantitative estimate of drug-likeness (QED) is 0.202. The molecule has 35 heavy (non-hydrogen) atoms. The first-order valence-electron chi connectivity index (χ1n) is 10.6. The van der Waals surface area contributed by atoms with Gasteiger partial charge in [0.15, 0.2) is 11.4 Å². The number of nitrogens with one attached hydrogen (secondary N) is 1. The molecule has 12 nitrogen and oxygen atoms in total. The second-order valence-corrected chi connectivity index (χ2v) is 9.03. The lowest BCUT2D eigenvalue weighted by atomic mass is 9.56. The number of carbonyl (C=O) groups excluding carboxylic acids is 4. The van der Waals surface area contributed by atoms with Gasteiger partial charge in [0.1, 0.15) is 22.8 Å². The molecule has 0 unspecified atom stereocenters. The Kier molecular flexibility index (Phi) is 5.51. The molecule has 0 aliphatic heterocycles. The number of carbonyl (C=O) groups is 4. The number of primary amides is 1. The first kappa shape index (κ1) is 24.4. The largest absolute Gasteiger partial charge is 0.508 e. The number of ketones is 2. The number of rotatable bonds is 3. The minimum absolute atomic E-state index is 0.102. The maximum absolute atomic E-state index is 13.7. The van der Waals surface area contributed by atoms with Crippen molar-refractivity contribution >= 4 is 34.8 Å². The van der Waals surface area contributed by atoms with E-state index in [9.17, 15) is 44.7 Å². The number of anilines is 1. The highest BCUT2D eigenvalue weighted by Crippen LogP contribution is 2.54. The van der Waals surface area contributed by atoms with Crippen LogP contribution in [0.2, 0.25) is 0 Å². The number of phenols is 1. The summed E-state index contributed by atoms with van der Waals surface area (Å²) in [7, 11) is 2.83. The van der Waals surface area contributed by atoms with E-state index in [1.165, 1.54) is 44.5 Å². The van der Waals surface area contributed by atoms with Crippen LogP contribution in [0.4, 0.5) is 5.69 Å². The number of benzene rings is 1. The number of amides is 2. The van der Waals surface area contributed by atoms with Crippen molar-refractivity contribution in [2.24, 2.45) is 17.6 Å². The van der Waals surface area contributed by atoms with E-state index in [0.29, 0.717) is 0 Å². The third-order valence-electron chi connectivity index (χ3n) is 6.77. The topological polar surface area (TPSA) is 211 Å². The van der Waals surface area contributed by atoms with Gasteiger partial charge < -0.3 is 36.6 Å². The summed E-state index contributed by atoms with van der Waals surface area (Å²) < 4.78 is 0. The Morgan fingerprint density at radius 2 is 1.77 bits per heavy atom. The molecule has 3 aliphatic carbocycles. The summed E-state index contributed by atoms with van der Waals surface area (Å²) in [5.74, 6) is -9.69. The average molecular weight is 486 g/mol. The second kappa shape index (κ2) is 7.90. The fourth-order valence-corrected chi connectivity index (χ4v) is 5.33. The smallest absolute Gasteiger partial charge is 0.255 e. The van der Waals surface area contributed by atoms with Crippen molar-refractivity contribution in [3.05, 3.63) is 46.6 Å². The van der Waals surface area contributed by atoms with Gasteiger partial charge >= 0.3 is 0 Å². The van der Waals surface area contributed by atoms with E-state index in [1.54, 1.807) is 0 Å². The molecule has 2 amide bonds. The van der Waals surface area contributed by atoms with E-state index < -0.39 is 81.4 Å². The maximum atomic E-state index is 13.7. The lowest BCUT2D eigenvalue weighted by Gasteiger charge is -2.52. The Morgan fingerprint density at radius 3 is 2.31 bits per heavy atom. The minimum atomic E-state index is -2.98. The molecule has 8 N–H and O–H groups in total. The minimum Gasteiger partial charge on any atom is -0.508 e. The SMILES string of the molecule is CC(=O)Nc1ccc(O)c2c1[CH][C@H]1C(=C2O)C(=O)[C@@]2(O)C(O)=C(C(N)=O)C(=O)[C@H](N(C)C)[C@H]2[C@@H]1O. The summed E-state index contributed by atoms with van der Waals surface area (Å²) in [4.78, 5) is 51.6. The fourth-order valence-electron chi connectivity index (χ4n) is 5.33. The van der Waals surface area contributed by atoms with Crippen LogP contribution < -0.4 is 11.1 Å². The molecule has 0 saturated heterocycles. The molecule has 1 aromatic carbocycles. The number of Topliss-reactive ketones (excluding diaryl/α,β-unsaturated/α-hetero) is 2. The van der Waals surface area contributed by atoms with Crippen LogP contribution in [0.1, 0.15) is 18.1 Å². The molecule has 12 heteroatoms. The van der Waals surface area contributed by atoms with E-state index in [2.05, 4.69) is 5.32 Å². The number of nitrogens with two attached hydrogens (primary N) is 1. The molecule has 1 radical (unpaired) electrons. The van der Waals surface area contributed by atoms with Gasteiger partial charge in [0, 0.05) is 30.5 Å². The summed E-state index contributed by atoms with van der Waals surface area (Å²) in [5.41, 5.74) is 0.745. The van der Waals surface area contributed by atoms with E-state index in [-0.39, 0.29) is 16.8 Å². The average Bonchev–Trinajstić information content (AvgIpc) is 2.75. The van der Waals surface area contributed by atoms with Crippen molar-refractivity contribution in [2.45, 2.75) is 24.7 Å². The lowest BCUT2D eigenvalue weighted by molar-refractivity contribution is -0.167. The Hall–Kier alpha value is -3.74. The van der Waals surface area contributed by atoms with E-state index >= 15 is 0 Å². The number of aliphatic hydroxyl groups excluding tert-OH is 3. The summed E-state index contributed by atoms with van der Waals surface area (Å²) in [6.45, 7) is 1.24. The van der Waals surface area contributed by atoms with Crippen molar-refractivity contribution in [1.29, 1.82) is 0 Å². The van der Waals surface area contributed by atoms with Crippen LogP contribution in [0.5, 0.6) is 5.75 Å². The second-order valence-electron chi connectivity index (χ2n) is 9.03. The number of aliphatic hydroxyl groups is 4. The van der Waals surface area contributed by atoms with E-state index in [1.807, 2.05) is 0 Å². The Labute approximate surface area is 199 Å². The van der Waals surface area contributed by atoms with Gasteiger partial charge in [-0.3, -0.25) is 24.1 Å². The van der Waals surface area contributed by atoms with Gasteiger partial charge in [-0.25, -0.2) is 0 Å². The summed E-state index contributed by atoms with van der Waals surface area (Å²) >= 11 is 0. The number of nitrogens with zero attached hydrogens (tertiary/aromatic N) is 1. The first-order chi connectivity index (χ1) is 16.2.